The average molecular weight is 296 g/mol. The molecule has 5 heteroatoms. The van der Waals surface area contributed by atoms with Crippen LogP contribution in [0.1, 0.15) is 44.6 Å². The van der Waals surface area contributed by atoms with E-state index in [2.05, 4.69) is 12.2 Å². The second kappa shape index (κ2) is 6.14. The maximum Gasteiger partial charge on any atom is 0.238 e. The first-order valence-electron chi connectivity index (χ1n) is 7.30. The normalized spacial score (nSPS) is 23.6. The van der Waals surface area contributed by atoms with Gasteiger partial charge in [0.25, 0.3) is 0 Å². The van der Waals surface area contributed by atoms with Gasteiger partial charge in [0.15, 0.2) is 0 Å². The number of aryl methyl sites for hydroxylation is 1. The van der Waals surface area contributed by atoms with E-state index in [1.165, 1.54) is 19.3 Å². The number of anilines is 1. The van der Waals surface area contributed by atoms with E-state index in [4.69, 9.17) is 5.14 Å². The molecule has 0 spiro atoms. The highest BCUT2D eigenvalue weighted by atomic mass is 32.2. The molecule has 0 radical (unpaired) electrons. The molecule has 1 fully saturated rings. The van der Waals surface area contributed by atoms with Crippen LogP contribution in [0.5, 0.6) is 0 Å². The molecule has 1 aliphatic rings. The van der Waals surface area contributed by atoms with Gasteiger partial charge in [-0.05, 0) is 43.4 Å². The summed E-state index contributed by atoms with van der Waals surface area (Å²) in [7, 11) is -3.64. The molecule has 20 heavy (non-hydrogen) atoms. The number of nitrogens with one attached hydrogen (secondary N) is 1. The lowest BCUT2D eigenvalue weighted by atomic mass is 9.84. The van der Waals surface area contributed by atoms with Gasteiger partial charge in [-0.25, -0.2) is 13.6 Å². The van der Waals surface area contributed by atoms with Gasteiger partial charge in [-0.1, -0.05) is 32.3 Å². The van der Waals surface area contributed by atoms with Crippen molar-refractivity contribution in [2.45, 2.75) is 56.9 Å². The number of hydrogen-bond acceptors (Lipinski definition) is 3. The van der Waals surface area contributed by atoms with Crippen LogP contribution in [0.3, 0.4) is 0 Å². The van der Waals surface area contributed by atoms with Crippen molar-refractivity contribution in [3.8, 4) is 0 Å². The molecule has 4 nitrogen and oxygen atoms in total. The second-order valence-electron chi connectivity index (χ2n) is 5.80. The van der Waals surface area contributed by atoms with E-state index in [0.717, 1.165) is 30.0 Å². The number of benzene rings is 1. The smallest absolute Gasteiger partial charge is 0.238 e. The Balaban J connectivity index is 2.16. The molecule has 0 aromatic heterocycles. The number of primary sulfonamides is 1. The highest BCUT2D eigenvalue weighted by Crippen LogP contribution is 2.30. The fraction of sp³-hybridized carbons (Fsp3) is 0.600. The molecule has 2 rings (SSSR count). The molecule has 2 atom stereocenters. The summed E-state index contributed by atoms with van der Waals surface area (Å²) in [5, 5.41) is 8.70. The topological polar surface area (TPSA) is 72.2 Å². The maximum atomic E-state index is 11.4. The summed E-state index contributed by atoms with van der Waals surface area (Å²) >= 11 is 0. The molecule has 1 aromatic carbocycles. The first-order chi connectivity index (χ1) is 9.40. The molecule has 3 N–H and O–H groups in total. The molecular weight excluding hydrogens is 272 g/mol. The third-order valence-corrected chi connectivity index (χ3v) is 5.17. The number of sulfonamides is 1. The van der Waals surface area contributed by atoms with Crippen LogP contribution in [0.4, 0.5) is 5.69 Å². The molecular formula is C15H24N2O2S. The van der Waals surface area contributed by atoms with Gasteiger partial charge in [0.1, 0.15) is 0 Å². The summed E-state index contributed by atoms with van der Waals surface area (Å²) in [6.07, 6.45) is 6.08. The fourth-order valence-corrected chi connectivity index (χ4v) is 3.49. The van der Waals surface area contributed by atoms with Crippen LogP contribution in [0.15, 0.2) is 23.1 Å². The largest absolute Gasteiger partial charge is 0.382 e. The predicted octanol–water partition coefficient (Wildman–Crippen LogP) is 3.02. The van der Waals surface area contributed by atoms with E-state index in [1.54, 1.807) is 12.1 Å². The predicted molar refractivity (Wildman–Crippen MR) is 82.2 cm³/mol. The number of nitrogens with two attached hydrogens (primary N) is 1. The molecule has 1 aromatic rings. The first-order valence-corrected chi connectivity index (χ1v) is 8.84. The lowest BCUT2D eigenvalue weighted by molar-refractivity contribution is 0.327. The van der Waals surface area contributed by atoms with Gasteiger partial charge in [-0.15, -0.1) is 0 Å². The van der Waals surface area contributed by atoms with E-state index in [-0.39, 0.29) is 4.90 Å². The van der Waals surface area contributed by atoms with Crippen LogP contribution >= 0.6 is 0 Å². The molecule has 0 saturated heterocycles. The SMILES string of the molecule is CCC1CCCC(Nc2cc(S(N)(=O)=O)ccc2C)C1. The highest BCUT2D eigenvalue weighted by molar-refractivity contribution is 7.89. The zero-order valence-electron chi connectivity index (χ0n) is 12.2. The number of hydrogen-bond donors (Lipinski definition) is 2. The molecule has 2 unspecified atom stereocenters. The minimum atomic E-state index is -3.64. The minimum absolute atomic E-state index is 0.174. The summed E-state index contributed by atoms with van der Waals surface area (Å²) < 4.78 is 22.9. The summed E-state index contributed by atoms with van der Waals surface area (Å²) in [4.78, 5) is 0.174. The summed E-state index contributed by atoms with van der Waals surface area (Å²) in [5.41, 5.74) is 1.94. The Labute approximate surface area is 121 Å². The molecule has 1 saturated carbocycles. The summed E-state index contributed by atoms with van der Waals surface area (Å²) in [6, 6.07) is 5.46. The van der Waals surface area contributed by atoms with Crippen LogP contribution < -0.4 is 10.5 Å². The van der Waals surface area contributed by atoms with E-state index >= 15 is 0 Å². The van der Waals surface area contributed by atoms with E-state index in [9.17, 15) is 8.42 Å². The zero-order valence-corrected chi connectivity index (χ0v) is 13.0. The third-order valence-electron chi connectivity index (χ3n) is 4.26. The van der Waals surface area contributed by atoms with Crippen molar-refractivity contribution >= 4 is 15.7 Å². The lowest BCUT2D eigenvalue weighted by Gasteiger charge is -2.30. The van der Waals surface area contributed by atoms with Gasteiger partial charge in [0.2, 0.25) is 10.0 Å². The monoisotopic (exact) mass is 296 g/mol. The van der Waals surface area contributed by atoms with Gasteiger partial charge in [0.05, 0.1) is 4.90 Å². The molecule has 0 heterocycles. The van der Waals surface area contributed by atoms with Crippen molar-refractivity contribution in [3.05, 3.63) is 23.8 Å². The zero-order chi connectivity index (χ0) is 14.8. The third kappa shape index (κ3) is 3.73. The molecule has 0 aliphatic heterocycles. The standard InChI is InChI=1S/C15H24N2O2S/c1-3-12-5-4-6-13(9-12)17-15-10-14(20(16,18)19)8-7-11(15)2/h7-8,10,12-13,17H,3-6,9H2,1-2H3,(H2,16,18,19). The van der Waals surface area contributed by atoms with Crippen molar-refractivity contribution in [1.29, 1.82) is 0 Å². The van der Waals surface area contributed by atoms with Crippen molar-refractivity contribution < 1.29 is 8.42 Å². The van der Waals surface area contributed by atoms with Crippen molar-refractivity contribution in [3.63, 3.8) is 0 Å². The Morgan fingerprint density at radius 3 is 2.75 bits per heavy atom. The van der Waals surface area contributed by atoms with Gasteiger partial charge in [-0.2, -0.15) is 0 Å². The van der Waals surface area contributed by atoms with Crippen LogP contribution in [-0.2, 0) is 10.0 Å². The van der Waals surface area contributed by atoms with Crippen LogP contribution in [-0.4, -0.2) is 14.5 Å². The maximum absolute atomic E-state index is 11.4. The number of rotatable bonds is 4. The van der Waals surface area contributed by atoms with Crippen LogP contribution in [0.2, 0.25) is 0 Å². The Hall–Kier alpha value is -1.07. The highest BCUT2D eigenvalue weighted by Gasteiger charge is 2.21. The molecule has 0 amide bonds. The molecule has 0 bridgehead atoms. The van der Waals surface area contributed by atoms with Crippen LogP contribution in [0.25, 0.3) is 0 Å². The van der Waals surface area contributed by atoms with Gasteiger partial charge in [0, 0.05) is 11.7 Å². The van der Waals surface area contributed by atoms with Gasteiger partial charge < -0.3 is 5.32 Å². The summed E-state index contributed by atoms with van der Waals surface area (Å²) in [5.74, 6) is 0.781. The van der Waals surface area contributed by atoms with Crippen LogP contribution in [0, 0.1) is 12.8 Å². The Bertz CT molecular complexity index is 569. The minimum Gasteiger partial charge on any atom is -0.382 e. The Kier molecular flexibility index (Phi) is 4.70. The van der Waals surface area contributed by atoms with E-state index in [1.807, 2.05) is 13.0 Å². The molecule has 1 aliphatic carbocycles. The van der Waals surface area contributed by atoms with E-state index < -0.39 is 10.0 Å². The van der Waals surface area contributed by atoms with Crippen molar-refractivity contribution in [1.82, 2.24) is 0 Å². The van der Waals surface area contributed by atoms with Crippen molar-refractivity contribution in [2.24, 2.45) is 11.1 Å². The Morgan fingerprint density at radius 1 is 1.35 bits per heavy atom. The van der Waals surface area contributed by atoms with Crippen molar-refractivity contribution in [2.75, 3.05) is 5.32 Å². The quantitative estimate of drug-likeness (QED) is 0.897. The van der Waals surface area contributed by atoms with E-state index in [0.29, 0.717) is 6.04 Å². The fourth-order valence-electron chi connectivity index (χ4n) is 2.95. The van der Waals surface area contributed by atoms with Gasteiger partial charge in [-0.3, -0.25) is 0 Å². The van der Waals surface area contributed by atoms with Gasteiger partial charge >= 0.3 is 0 Å². The first kappa shape index (κ1) is 15.3. The summed E-state index contributed by atoms with van der Waals surface area (Å²) in [6.45, 7) is 4.22. The average Bonchev–Trinajstić information content (AvgIpc) is 2.40. The second-order valence-corrected chi connectivity index (χ2v) is 7.37. The molecule has 112 valence electrons. The lowest BCUT2D eigenvalue weighted by Crippen LogP contribution is -2.27. The Morgan fingerprint density at radius 2 is 2.10 bits per heavy atom.